The second-order valence-corrected chi connectivity index (χ2v) is 11.1. The zero-order chi connectivity index (χ0) is 26.4. The van der Waals surface area contributed by atoms with Crippen molar-refractivity contribution in [3.8, 4) is 22.0 Å². The first-order chi connectivity index (χ1) is 18.4. The Kier molecular flexibility index (Phi) is 6.41. The van der Waals surface area contributed by atoms with E-state index in [1.807, 2.05) is 22.9 Å². The Balaban J connectivity index is 1.21. The first kappa shape index (κ1) is 24.6. The monoisotopic (exact) mass is 528 g/mol. The van der Waals surface area contributed by atoms with Gasteiger partial charge in [-0.25, -0.2) is 19.3 Å². The van der Waals surface area contributed by atoms with Crippen molar-refractivity contribution in [2.24, 2.45) is 0 Å². The van der Waals surface area contributed by atoms with E-state index in [-0.39, 0.29) is 17.8 Å². The molecule has 0 radical (unpaired) electrons. The lowest BCUT2D eigenvalue weighted by atomic mass is 9.96. The molecule has 2 aliphatic rings. The minimum Gasteiger partial charge on any atom is -0.326 e. The minimum atomic E-state index is -0.316. The molecule has 1 amide bonds. The first-order valence-corrected chi connectivity index (χ1v) is 13.7. The largest absolute Gasteiger partial charge is 0.326 e. The fourth-order valence-corrected chi connectivity index (χ4v) is 6.21. The number of hydrogen-bond donors (Lipinski definition) is 1. The molecule has 4 aromatic rings. The number of nitrogens with zero attached hydrogens (tertiary/aromatic N) is 5. The van der Waals surface area contributed by atoms with Gasteiger partial charge < -0.3 is 9.88 Å². The molecule has 38 heavy (non-hydrogen) atoms. The van der Waals surface area contributed by atoms with Gasteiger partial charge in [-0.2, -0.15) is 0 Å². The lowest BCUT2D eigenvalue weighted by Gasteiger charge is -2.30. The summed E-state index contributed by atoms with van der Waals surface area (Å²) < 4.78 is 15.5. The predicted octanol–water partition coefficient (Wildman–Crippen LogP) is 6.29. The number of aromatic nitrogens is 4. The van der Waals surface area contributed by atoms with E-state index in [0.29, 0.717) is 34.3 Å². The molecule has 2 bridgehead atoms. The van der Waals surface area contributed by atoms with Crippen LogP contribution in [0.3, 0.4) is 0 Å². The Labute approximate surface area is 225 Å². The molecule has 6 rings (SSSR count). The van der Waals surface area contributed by atoms with Crippen LogP contribution >= 0.6 is 11.3 Å². The molecule has 5 heterocycles. The highest BCUT2D eigenvalue weighted by Crippen LogP contribution is 2.38. The van der Waals surface area contributed by atoms with Gasteiger partial charge in [0.25, 0.3) is 5.91 Å². The van der Waals surface area contributed by atoms with E-state index < -0.39 is 0 Å². The van der Waals surface area contributed by atoms with E-state index in [1.54, 1.807) is 23.8 Å². The number of thiazole rings is 1. The van der Waals surface area contributed by atoms with E-state index in [1.165, 1.54) is 41.9 Å². The first-order valence-electron chi connectivity index (χ1n) is 12.9. The lowest BCUT2D eigenvalue weighted by molar-refractivity contribution is 0.102. The van der Waals surface area contributed by atoms with Crippen LogP contribution in [-0.2, 0) is 0 Å². The summed E-state index contributed by atoms with van der Waals surface area (Å²) in [6.45, 7) is 4.12. The van der Waals surface area contributed by atoms with Crippen molar-refractivity contribution in [2.45, 2.75) is 51.2 Å². The highest BCUT2D eigenvalue weighted by molar-refractivity contribution is 7.13. The zero-order valence-electron chi connectivity index (χ0n) is 21.6. The third-order valence-corrected chi connectivity index (χ3v) is 8.38. The molecule has 0 spiro atoms. The molecule has 2 atom stereocenters. The average molecular weight is 529 g/mol. The van der Waals surface area contributed by atoms with Gasteiger partial charge in [-0.1, -0.05) is 6.08 Å². The Hall–Kier alpha value is -3.69. The molecular formula is C29H29FN6OS. The number of imidazole rings is 1. The number of carbonyl (C=O) groups is 1. The van der Waals surface area contributed by atoms with Crippen LogP contribution in [0.2, 0.25) is 0 Å². The molecule has 1 fully saturated rings. The summed E-state index contributed by atoms with van der Waals surface area (Å²) in [4.78, 5) is 29.2. The zero-order valence-corrected chi connectivity index (χ0v) is 22.4. The topological polar surface area (TPSA) is 75.9 Å². The number of halogens is 1. The van der Waals surface area contributed by atoms with Gasteiger partial charge in [-0.15, -0.1) is 11.3 Å². The molecule has 0 aliphatic carbocycles. The highest BCUT2D eigenvalue weighted by atomic mass is 32.1. The number of carbonyl (C=O) groups excluding carboxylic acids is 1. The molecule has 0 saturated carbocycles. The van der Waals surface area contributed by atoms with Crippen LogP contribution in [0.15, 0.2) is 60.4 Å². The van der Waals surface area contributed by atoms with Gasteiger partial charge in [-0.05, 0) is 87.7 Å². The number of hydrogen-bond acceptors (Lipinski definition) is 6. The number of pyridine rings is 1. The van der Waals surface area contributed by atoms with Gasteiger partial charge in [0.2, 0.25) is 0 Å². The van der Waals surface area contributed by atoms with Crippen molar-refractivity contribution in [1.82, 2.24) is 24.4 Å². The summed E-state index contributed by atoms with van der Waals surface area (Å²) >= 11 is 1.38. The van der Waals surface area contributed by atoms with Crippen LogP contribution in [0, 0.1) is 5.82 Å². The van der Waals surface area contributed by atoms with Crippen LogP contribution in [0.5, 0.6) is 0 Å². The smallest absolute Gasteiger partial charge is 0.276 e. The molecule has 194 valence electrons. The lowest BCUT2D eigenvalue weighted by Crippen LogP contribution is -2.34. The fraction of sp³-hybridized carbons (Fsp3) is 0.310. The second-order valence-electron chi connectivity index (χ2n) is 10.2. The van der Waals surface area contributed by atoms with Gasteiger partial charge in [0.1, 0.15) is 28.0 Å². The van der Waals surface area contributed by atoms with E-state index in [4.69, 9.17) is 0 Å². The molecule has 2 unspecified atom stereocenters. The SMILES string of the molecule is CC(C)n1cnc(-c2ccc(F)cc2)c1-c1nc(C(=O)Nc2ccc(C3=CC4CCC(C3)N4C)cn2)cs1. The second kappa shape index (κ2) is 9.89. The summed E-state index contributed by atoms with van der Waals surface area (Å²) in [6, 6.07) is 11.4. The maximum absolute atomic E-state index is 13.5. The summed E-state index contributed by atoms with van der Waals surface area (Å²) in [5.41, 5.74) is 5.06. The van der Waals surface area contributed by atoms with Crippen molar-refractivity contribution in [1.29, 1.82) is 0 Å². The van der Waals surface area contributed by atoms with Gasteiger partial charge in [0.15, 0.2) is 0 Å². The van der Waals surface area contributed by atoms with E-state index in [9.17, 15) is 9.18 Å². The summed E-state index contributed by atoms with van der Waals surface area (Å²) in [5.74, 6) is -0.129. The van der Waals surface area contributed by atoms with Crippen molar-refractivity contribution in [3.63, 3.8) is 0 Å². The Morgan fingerprint density at radius 3 is 2.61 bits per heavy atom. The number of rotatable bonds is 6. The standard InChI is InChI=1S/C29H29FN6OS/c1-17(2)36-16-32-26(18-4-7-21(30)8-5-18)27(36)29-33-24(15-38-29)28(37)34-25-11-6-19(14-31-25)20-12-22-9-10-23(13-20)35(22)3/h4-8,11-12,14-17,22-23H,9-10,13H2,1-3H3,(H,31,34,37). The number of fused-ring (bicyclic) bond motifs is 2. The van der Waals surface area contributed by atoms with Crippen LogP contribution in [0.25, 0.3) is 27.5 Å². The van der Waals surface area contributed by atoms with E-state index in [2.05, 4.69) is 52.1 Å². The summed E-state index contributed by atoms with van der Waals surface area (Å²) in [6.07, 6.45) is 9.45. The normalized spacial score (nSPS) is 19.1. The molecule has 3 aromatic heterocycles. The Morgan fingerprint density at radius 2 is 1.89 bits per heavy atom. The molecule has 2 aliphatic heterocycles. The van der Waals surface area contributed by atoms with Gasteiger partial charge >= 0.3 is 0 Å². The van der Waals surface area contributed by atoms with Crippen molar-refractivity contribution in [2.75, 3.05) is 12.4 Å². The third-order valence-electron chi connectivity index (χ3n) is 7.53. The van der Waals surface area contributed by atoms with Crippen LogP contribution < -0.4 is 5.32 Å². The number of likely N-dealkylation sites (N-methyl/N-ethyl adjacent to an activating group) is 1. The molecule has 1 aromatic carbocycles. The number of benzene rings is 1. The van der Waals surface area contributed by atoms with Gasteiger partial charge in [0, 0.05) is 35.3 Å². The van der Waals surface area contributed by atoms with Crippen LogP contribution in [-0.4, -0.2) is 49.5 Å². The number of amides is 1. The highest BCUT2D eigenvalue weighted by Gasteiger charge is 2.34. The van der Waals surface area contributed by atoms with Crippen LogP contribution in [0.4, 0.5) is 10.2 Å². The summed E-state index contributed by atoms with van der Waals surface area (Å²) in [5, 5.41) is 5.29. The molecule has 7 nitrogen and oxygen atoms in total. The van der Waals surface area contributed by atoms with Crippen LogP contribution in [0.1, 0.15) is 55.2 Å². The van der Waals surface area contributed by atoms with Crippen molar-refractivity contribution in [3.05, 3.63) is 77.5 Å². The van der Waals surface area contributed by atoms with E-state index in [0.717, 1.165) is 23.2 Å². The van der Waals surface area contributed by atoms with Gasteiger partial charge in [0.05, 0.1) is 12.0 Å². The Bertz CT molecular complexity index is 1500. The minimum absolute atomic E-state index is 0.130. The third kappa shape index (κ3) is 4.56. The van der Waals surface area contributed by atoms with E-state index >= 15 is 0 Å². The van der Waals surface area contributed by atoms with Gasteiger partial charge in [-0.3, -0.25) is 9.69 Å². The molecule has 1 N–H and O–H groups in total. The predicted molar refractivity (Wildman–Crippen MR) is 148 cm³/mol. The van der Waals surface area contributed by atoms with Crippen molar-refractivity contribution < 1.29 is 9.18 Å². The maximum Gasteiger partial charge on any atom is 0.276 e. The molecule has 1 saturated heterocycles. The molecular weight excluding hydrogens is 499 g/mol. The fourth-order valence-electron chi connectivity index (χ4n) is 5.36. The average Bonchev–Trinajstić information content (AvgIpc) is 3.61. The van der Waals surface area contributed by atoms with Crippen molar-refractivity contribution >= 4 is 28.6 Å². The number of nitrogens with one attached hydrogen (secondary N) is 1. The molecule has 9 heteroatoms. The quantitative estimate of drug-likeness (QED) is 0.318. The number of anilines is 1. The maximum atomic E-state index is 13.5. The summed E-state index contributed by atoms with van der Waals surface area (Å²) in [7, 11) is 2.20. The Morgan fingerprint density at radius 1 is 1.11 bits per heavy atom.